The Hall–Kier alpha value is -2.61. The van der Waals surface area contributed by atoms with E-state index in [1.807, 2.05) is 31.2 Å². The Balaban J connectivity index is 1.22. The summed E-state index contributed by atoms with van der Waals surface area (Å²) in [4.78, 5) is 16.4. The van der Waals surface area contributed by atoms with E-state index in [0.717, 1.165) is 43.8 Å². The number of aryl methyl sites for hydroxylation is 2. The highest BCUT2D eigenvalue weighted by atomic mass is 16.5. The number of hydrogen-bond donors (Lipinski definition) is 1. The van der Waals surface area contributed by atoms with E-state index in [4.69, 9.17) is 14.2 Å². The number of carbonyl (C=O) groups excluding carboxylic acids is 1. The van der Waals surface area contributed by atoms with Gasteiger partial charge in [-0.1, -0.05) is 29.8 Å². The molecule has 7 heteroatoms. The van der Waals surface area contributed by atoms with Crippen molar-refractivity contribution < 1.29 is 24.1 Å². The van der Waals surface area contributed by atoms with Crippen molar-refractivity contribution in [1.82, 2.24) is 9.80 Å². The predicted molar refractivity (Wildman–Crippen MR) is 135 cm³/mol. The third kappa shape index (κ3) is 7.43. The van der Waals surface area contributed by atoms with Gasteiger partial charge in [0, 0.05) is 26.2 Å². The predicted octanol–water partition coefficient (Wildman–Crippen LogP) is 3.34. The van der Waals surface area contributed by atoms with Crippen molar-refractivity contribution in [2.75, 3.05) is 52.6 Å². The summed E-state index contributed by atoms with van der Waals surface area (Å²) >= 11 is 0. The highest BCUT2D eigenvalue weighted by Gasteiger charge is 2.31. The molecule has 0 radical (unpaired) electrons. The van der Waals surface area contributed by atoms with Crippen LogP contribution in [0.4, 0.5) is 0 Å². The minimum Gasteiger partial charge on any atom is -0.490 e. The molecule has 2 fully saturated rings. The van der Waals surface area contributed by atoms with Crippen LogP contribution in [0.2, 0.25) is 0 Å². The molecule has 2 heterocycles. The molecule has 1 atom stereocenters. The number of benzene rings is 2. The van der Waals surface area contributed by atoms with Crippen LogP contribution in [0, 0.1) is 13.8 Å². The van der Waals surface area contributed by atoms with Crippen molar-refractivity contribution in [1.29, 1.82) is 0 Å². The first kappa shape index (κ1) is 25.5. The first-order valence-electron chi connectivity index (χ1n) is 12.6. The minimum absolute atomic E-state index is 0.00375. The second-order valence-corrected chi connectivity index (χ2v) is 9.84. The van der Waals surface area contributed by atoms with Gasteiger partial charge in [0.1, 0.15) is 18.1 Å². The quantitative estimate of drug-likeness (QED) is 0.622. The van der Waals surface area contributed by atoms with E-state index >= 15 is 0 Å². The van der Waals surface area contributed by atoms with E-state index in [1.54, 1.807) is 4.90 Å². The van der Waals surface area contributed by atoms with Gasteiger partial charge in [-0.3, -0.25) is 9.69 Å². The molecule has 7 nitrogen and oxygen atoms in total. The smallest absolute Gasteiger partial charge is 0.260 e. The van der Waals surface area contributed by atoms with Crippen LogP contribution in [-0.2, 0) is 16.1 Å². The van der Waals surface area contributed by atoms with Gasteiger partial charge >= 0.3 is 0 Å². The SMILES string of the molecule is Cc1ccc(OC[C@@]2(O)CCCN(Cc3ccc(OCC(=O)N4CCOCC4)cc3)CC2)c(C)c1. The molecule has 0 bridgehead atoms. The van der Waals surface area contributed by atoms with Crippen molar-refractivity contribution in [3.63, 3.8) is 0 Å². The van der Waals surface area contributed by atoms with Gasteiger partial charge in [-0.25, -0.2) is 0 Å². The molecule has 0 unspecified atom stereocenters. The van der Waals surface area contributed by atoms with Crippen LogP contribution >= 0.6 is 0 Å². The van der Waals surface area contributed by atoms with Crippen LogP contribution < -0.4 is 9.47 Å². The Bertz CT molecular complexity index is 974. The van der Waals surface area contributed by atoms with Crippen molar-refractivity contribution in [2.45, 2.75) is 45.3 Å². The van der Waals surface area contributed by atoms with Gasteiger partial charge in [-0.15, -0.1) is 0 Å². The number of amides is 1. The maximum atomic E-state index is 12.3. The number of carbonyl (C=O) groups is 1. The third-order valence-corrected chi connectivity index (χ3v) is 6.89. The molecule has 2 saturated heterocycles. The number of nitrogens with zero attached hydrogens (tertiary/aromatic N) is 2. The lowest BCUT2D eigenvalue weighted by Gasteiger charge is -2.27. The summed E-state index contributed by atoms with van der Waals surface area (Å²) in [7, 11) is 0. The van der Waals surface area contributed by atoms with Gasteiger partial charge in [-0.05, 0) is 69.0 Å². The number of aliphatic hydroxyl groups is 1. The van der Waals surface area contributed by atoms with Gasteiger partial charge < -0.3 is 24.2 Å². The van der Waals surface area contributed by atoms with Crippen LogP contribution in [-0.4, -0.2) is 79.0 Å². The fraction of sp³-hybridized carbons (Fsp3) is 0.536. The highest BCUT2D eigenvalue weighted by molar-refractivity contribution is 5.77. The summed E-state index contributed by atoms with van der Waals surface area (Å²) in [6, 6.07) is 14.1. The van der Waals surface area contributed by atoms with Gasteiger partial charge in [0.2, 0.25) is 0 Å². The summed E-state index contributed by atoms with van der Waals surface area (Å²) in [6.45, 7) is 9.50. The summed E-state index contributed by atoms with van der Waals surface area (Å²) in [5.41, 5.74) is 2.69. The molecule has 0 aliphatic carbocycles. The summed E-state index contributed by atoms with van der Waals surface area (Å²) in [6.07, 6.45) is 2.35. The van der Waals surface area contributed by atoms with Gasteiger partial charge in [-0.2, -0.15) is 0 Å². The second kappa shape index (κ2) is 11.9. The van der Waals surface area contributed by atoms with E-state index in [9.17, 15) is 9.90 Å². The lowest BCUT2D eigenvalue weighted by atomic mass is 9.96. The zero-order chi connectivity index (χ0) is 24.7. The monoisotopic (exact) mass is 482 g/mol. The van der Waals surface area contributed by atoms with Crippen LogP contribution in [0.5, 0.6) is 11.5 Å². The van der Waals surface area contributed by atoms with Crippen molar-refractivity contribution in [3.8, 4) is 11.5 Å². The molecule has 1 amide bonds. The molecule has 2 aromatic carbocycles. The number of hydrogen-bond acceptors (Lipinski definition) is 6. The Morgan fingerprint density at radius 1 is 1.00 bits per heavy atom. The lowest BCUT2D eigenvalue weighted by Crippen LogP contribution is -2.42. The molecule has 2 aliphatic heterocycles. The molecule has 2 aromatic rings. The lowest BCUT2D eigenvalue weighted by molar-refractivity contribution is -0.137. The molecule has 1 N–H and O–H groups in total. The zero-order valence-electron chi connectivity index (χ0n) is 21.0. The van der Waals surface area contributed by atoms with Crippen molar-refractivity contribution in [2.24, 2.45) is 0 Å². The largest absolute Gasteiger partial charge is 0.490 e. The first-order chi connectivity index (χ1) is 16.9. The standard InChI is InChI=1S/C28H38N2O5/c1-22-4-9-26(23(2)18-22)35-21-28(32)10-3-12-29(13-11-28)19-24-5-7-25(8-6-24)34-20-27(31)30-14-16-33-17-15-30/h4-9,18,32H,3,10-17,19-21H2,1-2H3/t28-/m1/s1. The molecular formula is C28H38N2O5. The number of rotatable bonds is 8. The Labute approximate surface area is 208 Å². The van der Waals surface area contributed by atoms with Gasteiger partial charge in [0.25, 0.3) is 5.91 Å². The molecule has 0 spiro atoms. The Morgan fingerprint density at radius 3 is 2.51 bits per heavy atom. The highest BCUT2D eigenvalue weighted by Crippen LogP contribution is 2.27. The van der Waals surface area contributed by atoms with Crippen LogP contribution in [0.1, 0.15) is 36.0 Å². The average molecular weight is 483 g/mol. The molecule has 4 rings (SSSR count). The summed E-state index contributed by atoms with van der Waals surface area (Å²) < 4.78 is 17.0. The number of morpholine rings is 1. The van der Waals surface area contributed by atoms with Crippen LogP contribution in [0.3, 0.4) is 0 Å². The van der Waals surface area contributed by atoms with E-state index in [1.165, 1.54) is 11.1 Å². The summed E-state index contributed by atoms with van der Waals surface area (Å²) in [5, 5.41) is 11.2. The van der Waals surface area contributed by atoms with Crippen LogP contribution in [0.25, 0.3) is 0 Å². The normalized spacial score (nSPS) is 21.4. The average Bonchev–Trinajstić information content (AvgIpc) is 3.05. The van der Waals surface area contributed by atoms with E-state index in [-0.39, 0.29) is 12.5 Å². The number of ether oxygens (including phenoxy) is 3. The maximum absolute atomic E-state index is 12.3. The van der Waals surface area contributed by atoms with Gasteiger partial charge in [0.05, 0.1) is 18.8 Å². The Kier molecular flexibility index (Phi) is 8.65. The van der Waals surface area contributed by atoms with E-state index < -0.39 is 5.60 Å². The minimum atomic E-state index is -0.809. The summed E-state index contributed by atoms with van der Waals surface area (Å²) in [5.74, 6) is 1.54. The molecular weight excluding hydrogens is 444 g/mol. The molecule has 0 saturated carbocycles. The maximum Gasteiger partial charge on any atom is 0.260 e. The Morgan fingerprint density at radius 2 is 1.77 bits per heavy atom. The third-order valence-electron chi connectivity index (χ3n) is 6.89. The first-order valence-corrected chi connectivity index (χ1v) is 12.6. The molecule has 190 valence electrons. The molecule has 2 aliphatic rings. The topological polar surface area (TPSA) is 71.5 Å². The molecule has 35 heavy (non-hydrogen) atoms. The van der Waals surface area contributed by atoms with Crippen molar-refractivity contribution >= 4 is 5.91 Å². The van der Waals surface area contributed by atoms with Gasteiger partial charge in [0.15, 0.2) is 6.61 Å². The van der Waals surface area contributed by atoms with Crippen LogP contribution in [0.15, 0.2) is 42.5 Å². The fourth-order valence-corrected chi connectivity index (χ4v) is 4.71. The van der Waals surface area contributed by atoms with E-state index in [0.29, 0.717) is 45.1 Å². The van der Waals surface area contributed by atoms with E-state index in [2.05, 4.69) is 30.0 Å². The number of likely N-dealkylation sites (tertiary alicyclic amines) is 1. The zero-order valence-corrected chi connectivity index (χ0v) is 21.0. The van der Waals surface area contributed by atoms with Crippen molar-refractivity contribution in [3.05, 3.63) is 59.2 Å². The second-order valence-electron chi connectivity index (χ2n) is 9.84. The molecule has 0 aromatic heterocycles. The fourth-order valence-electron chi connectivity index (χ4n) is 4.71.